The second kappa shape index (κ2) is 7.53. The standard InChI is InChI=1S/C19H19N3O2S/c1-4-25-16-9-7-14(8-10-16)17(23)20-19-22-21-18(24-19)15-6-5-12(2)13(3)11-15/h5-11H,4H2,1-3H3,(H,20,22,23). The maximum atomic E-state index is 12.3. The third-order valence-corrected chi connectivity index (χ3v) is 4.72. The Morgan fingerprint density at radius 3 is 2.52 bits per heavy atom. The zero-order valence-electron chi connectivity index (χ0n) is 14.4. The molecule has 5 nitrogen and oxygen atoms in total. The van der Waals surface area contributed by atoms with E-state index in [1.807, 2.05) is 44.2 Å². The Morgan fingerprint density at radius 2 is 1.84 bits per heavy atom. The van der Waals surface area contributed by atoms with E-state index in [2.05, 4.69) is 22.4 Å². The second-order valence-electron chi connectivity index (χ2n) is 5.62. The molecule has 0 saturated carbocycles. The van der Waals surface area contributed by atoms with Crippen molar-refractivity contribution in [1.29, 1.82) is 0 Å². The Labute approximate surface area is 150 Å². The number of anilines is 1. The summed E-state index contributed by atoms with van der Waals surface area (Å²) in [5, 5.41) is 10.6. The molecular weight excluding hydrogens is 334 g/mol. The highest BCUT2D eigenvalue weighted by atomic mass is 32.2. The van der Waals surface area contributed by atoms with E-state index in [0.29, 0.717) is 11.5 Å². The lowest BCUT2D eigenvalue weighted by Gasteiger charge is -2.03. The van der Waals surface area contributed by atoms with Crippen molar-refractivity contribution in [3.8, 4) is 11.5 Å². The first-order chi connectivity index (χ1) is 12.1. The number of carbonyl (C=O) groups excluding carboxylic acids is 1. The molecule has 1 aromatic heterocycles. The summed E-state index contributed by atoms with van der Waals surface area (Å²) in [4.78, 5) is 13.4. The van der Waals surface area contributed by atoms with Gasteiger partial charge in [-0.3, -0.25) is 10.1 Å². The van der Waals surface area contributed by atoms with Gasteiger partial charge in [-0.25, -0.2) is 0 Å². The zero-order chi connectivity index (χ0) is 17.8. The molecule has 25 heavy (non-hydrogen) atoms. The van der Waals surface area contributed by atoms with Crippen LogP contribution in [0.2, 0.25) is 0 Å². The van der Waals surface area contributed by atoms with Crippen molar-refractivity contribution in [2.24, 2.45) is 0 Å². The van der Waals surface area contributed by atoms with Crippen molar-refractivity contribution in [3.63, 3.8) is 0 Å². The van der Waals surface area contributed by atoms with Crippen molar-refractivity contribution in [2.75, 3.05) is 11.1 Å². The van der Waals surface area contributed by atoms with Crippen LogP contribution in [0.4, 0.5) is 6.01 Å². The van der Waals surface area contributed by atoms with E-state index in [9.17, 15) is 4.79 Å². The van der Waals surface area contributed by atoms with Crippen LogP contribution >= 0.6 is 11.8 Å². The third kappa shape index (κ3) is 4.09. The molecule has 0 aliphatic rings. The number of hydrogen-bond acceptors (Lipinski definition) is 5. The van der Waals surface area contributed by atoms with Crippen LogP contribution < -0.4 is 5.32 Å². The molecule has 6 heteroatoms. The molecule has 2 aromatic carbocycles. The lowest BCUT2D eigenvalue weighted by Crippen LogP contribution is -2.11. The fourth-order valence-corrected chi connectivity index (χ4v) is 2.97. The number of aromatic nitrogens is 2. The van der Waals surface area contributed by atoms with Gasteiger partial charge in [0.15, 0.2) is 0 Å². The molecule has 1 amide bonds. The van der Waals surface area contributed by atoms with Crippen LogP contribution in [0.1, 0.15) is 28.4 Å². The molecule has 1 heterocycles. The van der Waals surface area contributed by atoms with Gasteiger partial charge in [-0.2, -0.15) is 0 Å². The van der Waals surface area contributed by atoms with Crippen molar-refractivity contribution >= 4 is 23.7 Å². The minimum Gasteiger partial charge on any atom is -0.403 e. The molecule has 0 aliphatic heterocycles. The largest absolute Gasteiger partial charge is 0.403 e. The molecule has 128 valence electrons. The van der Waals surface area contributed by atoms with Crippen LogP contribution in [-0.2, 0) is 0 Å². The zero-order valence-corrected chi connectivity index (χ0v) is 15.2. The number of amides is 1. The van der Waals surface area contributed by atoms with E-state index in [1.54, 1.807) is 23.9 Å². The van der Waals surface area contributed by atoms with Gasteiger partial charge in [0, 0.05) is 16.0 Å². The summed E-state index contributed by atoms with van der Waals surface area (Å²) < 4.78 is 5.56. The molecular formula is C19H19N3O2S. The summed E-state index contributed by atoms with van der Waals surface area (Å²) in [6, 6.07) is 13.4. The minimum absolute atomic E-state index is 0.0882. The second-order valence-corrected chi connectivity index (χ2v) is 6.96. The van der Waals surface area contributed by atoms with Crippen LogP contribution in [-0.4, -0.2) is 21.9 Å². The van der Waals surface area contributed by atoms with Crippen molar-refractivity contribution in [3.05, 3.63) is 59.2 Å². The van der Waals surface area contributed by atoms with E-state index in [4.69, 9.17) is 4.42 Å². The fraction of sp³-hybridized carbons (Fsp3) is 0.211. The smallest absolute Gasteiger partial charge is 0.322 e. The molecule has 0 atom stereocenters. The SMILES string of the molecule is CCSc1ccc(C(=O)Nc2nnc(-c3ccc(C)c(C)c3)o2)cc1. The quantitative estimate of drug-likeness (QED) is 0.672. The van der Waals surface area contributed by atoms with Crippen LogP contribution in [0.25, 0.3) is 11.5 Å². The molecule has 0 unspecified atom stereocenters. The number of benzene rings is 2. The van der Waals surface area contributed by atoms with Gasteiger partial charge in [0.1, 0.15) is 0 Å². The van der Waals surface area contributed by atoms with Crippen molar-refractivity contribution < 1.29 is 9.21 Å². The van der Waals surface area contributed by atoms with Gasteiger partial charge in [-0.15, -0.1) is 16.9 Å². The Balaban J connectivity index is 1.72. The Bertz CT molecular complexity index is 888. The van der Waals surface area contributed by atoms with Crippen LogP contribution in [0.3, 0.4) is 0 Å². The van der Waals surface area contributed by atoms with Crippen LogP contribution in [0.5, 0.6) is 0 Å². The normalized spacial score (nSPS) is 10.7. The first-order valence-electron chi connectivity index (χ1n) is 8.02. The molecule has 0 radical (unpaired) electrons. The number of carbonyl (C=O) groups is 1. The summed E-state index contributed by atoms with van der Waals surface area (Å²) in [7, 11) is 0. The van der Waals surface area contributed by atoms with Gasteiger partial charge in [-0.1, -0.05) is 18.1 Å². The Kier molecular flexibility index (Phi) is 5.19. The number of nitrogens with zero attached hydrogens (tertiary/aromatic N) is 2. The van der Waals surface area contributed by atoms with E-state index in [1.165, 1.54) is 5.56 Å². The molecule has 3 aromatic rings. The maximum absolute atomic E-state index is 12.3. The van der Waals surface area contributed by atoms with Gasteiger partial charge >= 0.3 is 6.01 Å². The predicted octanol–water partition coefficient (Wildman–Crippen LogP) is 4.72. The molecule has 0 bridgehead atoms. The highest BCUT2D eigenvalue weighted by Crippen LogP contribution is 2.23. The monoisotopic (exact) mass is 353 g/mol. The molecule has 1 N–H and O–H groups in total. The summed E-state index contributed by atoms with van der Waals surface area (Å²) >= 11 is 1.73. The summed E-state index contributed by atoms with van der Waals surface area (Å²) in [5.74, 6) is 1.10. The minimum atomic E-state index is -0.275. The fourth-order valence-electron chi connectivity index (χ4n) is 2.30. The number of hydrogen-bond donors (Lipinski definition) is 1. The van der Waals surface area contributed by atoms with Crippen LogP contribution in [0.15, 0.2) is 51.8 Å². The molecule has 0 fully saturated rings. The van der Waals surface area contributed by atoms with Crippen molar-refractivity contribution in [1.82, 2.24) is 10.2 Å². The van der Waals surface area contributed by atoms with E-state index in [0.717, 1.165) is 21.8 Å². The van der Waals surface area contributed by atoms with Gasteiger partial charge in [0.05, 0.1) is 0 Å². The third-order valence-electron chi connectivity index (χ3n) is 3.83. The van der Waals surface area contributed by atoms with Gasteiger partial charge in [-0.05, 0) is 67.1 Å². The molecule has 0 spiro atoms. The van der Waals surface area contributed by atoms with Crippen LogP contribution in [0, 0.1) is 13.8 Å². The number of aryl methyl sites for hydroxylation is 2. The average molecular weight is 353 g/mol. The van der Waals surface area contributed by atoms with Gasteiger partial charge in [0.2, 0.25) is 5.89 Å². The lowest BCUT2D eigenvalue weighted by atomic mass is 10.1. The van der Waals surface area contributed by atoms with E-state index in [-0.39, 0.29) is 11.9 Å². The topological polar surface area (TPSA) is 68.0 Å². The van der Waals surface area contributed by atoms with E-state index < -0.39 is 0 Å². The number of thioether (sulfide) groups is 1. The Hall–Kier alpha value is -2.60. The average Bonchev–Trinajstić information content (AvgIpc) is 3.07. The number of rotatable bonds is 5. The summed E-state index contributed by atoms with van der Waals surface area (Å²) in [6.45, 7) is 6.16. The van der Waals surface area contributed by atoms with E-state index >= 15 is 0 Å². The van der Waals surface area contributed by atoms with Gasteiger partial charge < -0.3 is 4.42 Å². The molecule has 0 aliphatic carbocycles. The maximum Gasteiger partial charge on any atom is 0.322 e. The molecule has 3 rings (SSSR count). The highest BCUT2D eigenvalue weighted by molar-refractivity contribution is 7.99. The summed E-state index contributed by atoms with van der Waals surface area (Å²) in [5.41, 5.74) is 3.72. The first kappa shape index (κ1) is 17.2. The number of nitrogens with one attached hydrogen (secondary N) is 1. The predicted molar refractivity (Wildman–Crippen MR) is 100 cm³/mol. The van der Waals surface area contributed by atoms with Gasteiger partial charge in [0.25, 0.3) is 5.91 Å². The summed E-state index contributed by atoms with van der Waals surface area (Å²) in [6.07, 6.45) is 0. The molecule has 0 saturated heterocycles. The lowest BCUT2D eigenvalue weighted by molar-refractivity contribution is 0.102. The highest BCUT2D eigenvalue weighted by Gasteiger charge is 2.13. The Morgan fingerprint density at radius 1 is 1.08 bits per heavy atom. The first-order valence-corrected chi connectivity index (χ1v) is 9.00. The van der Waals surface area contributed by atoms with Crippen molar-refractivity contribution in [2.45, 2.75) is 25.7 Å².